The molecular formula is C20H19ClN4O4S2. The van der Waals surface area contributed by atoms with E-state index in [2.05, 4.69) is 4.90 Å². The summed E-state index contributed by atoms with van der Waals surface area (Å²) in [6, 6.07) is 12.6. The molecule has 1 saturated heterocycles. The van der Waals surface area contributed by atoms with Gasteiger partial charge in [0.25, 0.3) is 5.69 Å². The van der Waals surface area contributed by atoms with Crippen LogP contribution in [0.5, 0.6) is 0 Å². The predicted molar refractivity (Wildman–Crippen MR) is 120 cm³/mol. The van der Waals surface area contributed by atoms with Crippen molar-refractivity contribution in [1.82, 2.24) is 9.29 Å². The van der Waals surface area contributed by atoms with E-state index in [0.717, 1.165) is 16.4 Å². The highest BCUT2D eigenvalue weighted by atomic mass is 35.5. The molecule has 11 heteroatoms. The van der Waals surface area contributed by atoms with Crippen LogP contribution in [0.2, 0.25) is 5.02 Å². The Kier molecular flexibility index (Phi) is 6.24. The Morgan fingerprint density at radius 1 is 1.03 bits per heavy atom. The molecule has 2 aromatic carbocycles. The van der Waals surface area contributed by atoms with Gasteiger partial charge in [0, 0.05) is 55.1 Å². The topological polar surface area (TPSA) is 96.6 Å². The molecule has 0 saturated carbocycles. The molecule has 1 aliphatic heterocycles. The van der Waals surface area contributed by atoms with Crippen molar-refractivity contribution >= 4 is 43.8 Å². The Hall–Kier alpha value is -2.53. The molecule has 0 spiro atoms. The van der Waals surface area contributed by atoms with E-state index in [1.165, 1.54) is 28.6 Å². The number of anilines is 1. The van der Waals surface area contributed by atoms with Crippen molar-refractivity contribution < 1.29 is 13.3 Å². The first-order chi connectivity index (χ1) is 14.8. The fourth-order valence-electron chi connectivity index (χ4n) is 3.34. The van der Waals surface area contributed by atoms with E-state index < -0.39 is 14.9 Å². The highest BCUT2D eigenvalue weighted by Gasteiger charge is 2.29. The minimum Gasteiger partial charge on any atom is -0.345 e. The lowest BCUT2D eigenvalue weighted by molar-refractivity contribution is -0.384. The maximum atomic E-state index is 12.9. The molecule has 4 rings (SSSR count). The van der Waals surface area contributed by atoms with Gasteiger partial charge >= 0.3 is 0 Å². The van der Waals surface area contributed by atoms with Crippen molar-refractivity contribution in [2.24, 2.45) is 0 Å². The Labute approximate surface area is 188 Å². The van der Waals surface area contributed by atoms with Gasteiger partial charge in [-0.2, -0.15) is 4.31 Å². The summed E-state index contributed by atoms with van der Waals surface area (Å²) in [5, 5.41) is 14.4. The summed E-state index contributed by atoms with van der Waals surface area (Å²) in [5.41, 5.74) is 1.95. The molecule has 1 aliphatic rings. The molecule has 1 fully saturated rings. The van der Waals surface area contributed by atoms with Gasteiger partial charge in [-0.1, -0.05) is 23.7 Å². The van der Waals surface area contributed by atoms with Crippen molar-refractivity contribution in [3.05, 3.63) is 80.3 Å². The van der Waals surface area contributed by atoms with Gasteiger partial charge in [-0.15, -0.1) is 11.3 Å². The molecule has 0 atom stereocenters. The number of piperazine rings is 1. The van der Waals surface area contributed by atoms with E-state index in [1.54, 1.807) is 11.3 Å². The highest BCUT2D eigenvalue weighted by molar-refractivity contribution is 7.89. The molecule has 3 aromatic rings. The molecule has 2 heterocycles. The van der Waals surface area contributed by atoms with Crippen LogP contribution in [0, 0.1) is 10.1 Å². The maximum absolute atomic E-state index is 12.9. The third-order valence-electron chi connectivity index (χ3n) is 5.03. The van der Waals surface area contributed by atoms with Gasteiger partial charge in [-0.05, 0) is 29.8 Å². The van der Waals surface area contributed by atoms with Crippen molar-refractivity contribution in [3.63, 3.8) is 0 Å². The van der Waals surface area contributed by atoms with Crippen molar-refractivity contribution in [2.45, 2.75) is 11.3 Å². The van der Waals surface area contributed by atoms with E-state index >= 15 is 0 Å². The summed E-state index contributed by atoms with van der Waals surface area (Å²) >= 11 is 7.47. The van der Waals surface area contributed by atoms with Crippen LogP contribution < -0.4 is 4.90 Å². The smallest absolute Gasteiger partial charge is 0.269 e. The van der Waals surface area contributed by atoms with E-state index in [0.29, 0.717) is 37.6 Å². The molecule has 0 bridgehead atoms. The molecule has 8 nitrogen and oxygen atoms in total. The number of benzene rings is 2. The van der Waals surface area contributed by atoms with Crippen molar-refractivity contribution in [3.8, 4) is 0 Å². The number of sulfonamides is 1. The fraction of sp³-hybridized carbons (Fsp3) is 0.250. The van der Waals surface area contributed by atoms with Gasteiger partial charge in [-0.25, -0.2) is 13.4 Å². The van der Waals surface area contributed by atoms with Crippen LogP contribution in [0.3, 0.4) is 0 Å². The monoisotopic (exact) mass is 478 g/mol. The van der Waals surface area contributed by atoms with Crippen LogP contribution in [-0.2, 0) is 16.4 Å². The Balaban J connectivity index is 1.38. The standard InChI is InChI=1S/C20H19ClN4O4S2/c21-16-3-1-15(2-4-16)13-17-14-30-20(22-17)23-9-11-24(12-10-23)31(28,29)19-7-5-18(6-8-19)25(26)27/h1-8,14H,9-13H2. The Morgan fingerprint density at radius 3 is 2.29 bits per heavy atom. The number of hydrogen-bond donors (Lipinski definition) is 0. The summed E-state index contributed by atoms with van der Waals surface area (Å²) < 4.78 is 27.1. The van der Waals surface area contributed by atoms with E-state index in [1.807, 2.05) is 29.6 Å². The lowest BCUT2D eigenvalue weighted by Gasteiger charge is -2.33. The van der Waals surface area contributed by atoms with E-state index in [-0.39, 0.29) is 10.6 Å². The summed E-state index contributed by atoms with van der Waals surface area (Å²) in [4.78, 5) is 17.1. The van der Waals surface area contributed by atoms with Crippen LogP contribution >= 0.6 is 22.9 Å². The number of thiazole rings is 1. The second-order valence-electron chi connectivity index (χ2n) is 7.07. The SMILES string of the molecule is O=[N+]([O-])c1ccc(S(=O)(=O)N2CCN(c3nc(Cc4ccc(Cl)cc4)cs3)CC2)cc1. The molecule has 162 valence electrons. The minimum atomic E-state index is -3.69. The average Bonchev–Trinajstić information content (AvgIpc) is 3.24. The lowest BCUT2D eigenvalue weighted by atomic mass is 10.1. The number of hydrogen-bond acceptors (Lipinski definition) is 7. The second kappa shape index (κ2) is 8.91. The summed E-state index contributed by atoms with van der Waals surface area (Å²) in [7, 11) is -3.69. The van der Waals surface area contributed by atoms with E-state index in [9.17, 15) is 18.5 Å². The normalized spacial score (nSPS) is 15.2. The first-order valence-electron chi connectivity index (χ1n) is 9.51. The average molecular weight is 479 g/mol. The number of non-ortho nitro benzene ring substituents is 1. The zero-order valence-corrected chi connectivity index (χ0v) is 18.7. The number of nitro benzene ring substituents is 1. The molecule has 0 unspecified atom stereocenters. The fourth-order valence-corrected chi connectivity index (χ4v) is 5.77. The first kappa shape index (κ1) is 21.7. The number of nitrogens with zero attached hydrogens (tertiary/aromatic N) is 4. The largest absolute Gasteiger partial charge is 0.345 e. The lowest BCUT2D eigenvalue weighted by Crippen LogP contribution is -2.48. The highest BCUT2D eigenvalue weighted by Crippen LogP contribution is 2.26. The van der Waals surface area contributed by atoms with Crippen molar-refractivity contribution in [1.29, 1.82) is 0 Å². The van der Waals surface area contributed by atoms with Gasteiger partial charge in [0.15, 0.2) is 5.13 Å². The Bertz CT molecular complexity index is 1170. The van der Waals surface area contributed by atoms with E-state index in [4.69, 9.17) is 16.6 Å². The zero-order valence-electron chi connectivity index (χ0n) is 16.3. The molecule has 0 aliphatic carbocycles. The molecule has 31 heavy (non-hydrogen) atoms. The number of nitro groups is 1. The molecule has 1 aromatic heterocycles. The minimum absolute atomic E-state index is 0.0612. The molecule has 0 amide bonds. The van der Waals surface area contributed by atoms with Crippen molar-refractivity contribution in [2.75, 3.05) is 31.1 Å². The number of aromatic nitrogens is 1. The first-order valence-corrected chi connectivity index (χ1v) is 12.2. The molecular weight excluding hydrogens is 460 g/mol. The summed E-state index contributed by atoms with van der Waals surface area (Å²) in [6.45, 7) is 1.71. The van der Waals surface area contributed by atoms with Gasteiger partial charge in [-0.3, -0.25) is 10.1 Å². The summed E-state index contributed by atoms with van der Waals surface area (Å²) in [6.07, 6.45) is 0.710. The van der Waals surface area contributed by atoms with Gasteiger partial charge in [0.05, 0.1) is 15.5 Å². The molecule has 0 radical (unpaired) electrons. The second-order valence-corrected chi connectivity index (χ2v) is 10.3. The van der Waals surface area contributed by atoms with Gasteiger partial charge in [0.1, 0.15) is 0 Å². The van der Waals surface area contributed by atoms with Gasteiger partial charge < -0.3 is 4.90 Å². The summed E-state index contributed by atoms with van der Waals surface area (Å²) in [5.74, 6) is 0. The number of halogens is 1. The quantitative estimate of drug-likeness (QED) is 0.395. The van der Waals surface area contributed by atoms with Crippen LogP contribution in [0.15, 0.2) is 58.8 Å². The Morgan fingerprint density at radius 2 is 1.68 bits per heavy atom. The van der Waals surface area contributed by atoms with Crippen LogP contribution in [0.4, 0.5) is 10.8 Å². The number of rotatable bonds is 6. The van der Waals surface area contributed by atoms with Crippen LogP contribution in [0.1, 0.15) is 11.3 Å². The van der Waals surface area contributed by atoms with Gasteiger partial charge in [0.2, 0.25) is 10.0 Å². The van der Waals surface area contributed by atoms with Crippen LogP contribution in [-0.4, -0.2) is 48.8 Å². The third kappa shape index (κ3) is 4.87. The maximum Gasteiger partial charge on any atom is 0.269 e. The zero-order chi connectivity index (χ0) is 22.0. The predicted octanol–water partition coefficient (Wildman–Crippen LogP) is 3.81. The molecule has 0 N–H and O–H groups in total. The van der Waals surface area contributed by atoms with Crippen LogP contribution in [0.25, 0.3) is 0 Å². The third-order valence-corrected chi connectivity index (χ3v) is 8.15.